The Hall–Kier alpha value is -2.27. The SMILES string of the molecule is [C-]#[N+]C(C)c1ccc(OCc2ccccc2)c(C(C)(C)C)c1. The van der Waals surface area contributed by atoms with E-state index in [1.54, 1.807) is 0 Å². The molecule has 1 unspecified atom stereocenters. The van der Waals surface area contributed by atoms with Gasteiger partial charge in [0.05, 0.1) is 0 Å². The summed E-state index contributed by atoms with van der Waals surface area (Å²) < 4.78 is 6.04. The largest absolute Gasteiger partial charge is 0.489 e. The minimum atomic E-state index is -0.121. The summed E-state index contributed by atoms with van der Waals surface area (Å²) in [6, 6.07) is 16.2. The molecule has 0 bridgehead atoms. The molecule has 114 valence electrons. The van der Waals surface area contributed by atoms with E-state index in [0.717, 1.165) is 22.4 Å². The number of benzene rings is 2. The highest BCUT2D eigenvalue weighted by Gasteiger charge is 2.22. The van der Waals surface area contributed by atoms with Crippen LogP contribution in [0.5, 0.6) is 5.75 Å². The van der Waals surface area contributed by atoms with Crippen LogP contribution in [-0.2, 0) is 12.0 Å². The fraction of sp³-hybridized carbons (Fsp3) is 0.350. The van der Waals surface area contributed by atoms with Gasteiger partial charge in [-0.15, -0.1) is 0 Å². The summed E-state index contributed by atoms with van der Waals surface area (Å²) in [6.45, 7) is 16.2. The van der Waals surface area contributed by atoms with Crippen LogP contribution in [0.4, 0.5) is 0 Å². The highest BCUT2D eigenvalue weighted by atomic mass is 16.5. The van der Waals surface area contributed by atoms with Gasteiger partial charge in [-0.2, -0.15) is 0 Å². The minimum absolute atomic E-state index is 0.0240. The smallest absolute Gasteiger partial charge is 0.245 e. The molecule has 0 radical (unpaired) electrons. The lowest BCUT2D eigenvalue weighted by molar-refractivity contribution is 0.297. The van der Waals surface area contributed by atoms with Gasteiger partial charge in [0.25, 0.3) is 0 Å². The van der Waals surface area contributed by atoms with Crippen LogP contribution in [0, 0.1) is 6.57 Å². The van der Waals surface area contributed by atoms with Gasteiger partial charge in [-0.1, -0.05) is 51.1 Å². The number of hydrogen-bond acceptors (Lipinski definition) is 1. The monoisotopic (exact) mass is 293 g/mol. The van der Waals surface area contributed by atoms with Crippen molar-refractivity contribution in [1.29, 1.82) is 0 Å². The molecule has 0 amide bonds. The predicted octanol–water partition coefficient (Wildman–Crippen LogP) is 5.54. The summed E-state index contributed by atoms with van der Waals surface area (Å²) in [4.78, 5) is 3.61. The summed E-state index contributed by atoms with van der Waals surface area (Å²) in [6.07, 6.45) is 0. The molecule has 0 aliphatic carbocycles. The molecule has 0 aliphatic rings. The number of ether oxygens (including phenoxy) is 1. The highest BCUT2D eigenvalue weighted by molar-refractivity contribution is 5.43. The van der Waals surface area contributed by atoms with E-state index in [4.69, 9.17) is 11.3 Å². The Bertz CT molecular complexity index is 662. The molecule has 0 aliphatic heterocycles. The van der Waals surface area contributed by atoms with Crippen LogP contribution in [0.3, 0.4) is 0 Å². The van der Waals surface area contributed by atoms with Gasteiger partial charge in [0.15, 0.2) is 0 Å². The quantitative estimate of drug-likeness (QED) is 0.674. The standard InChI is InChI=1S/C20H23NO/c1-15(21-5)17-11-12-19(18(13-17)20(2,3)4)22-14-16-9-7-6-8-10-16/h6-13,15H,14H2,1-4H3. The van der Waals surface area contributed by atoms with E-state index >= 15 is 0 Å². The van der Waals surface area contributed by atoms with Crippen molar-refractivity contribution in [2.75, 3.05) is 0 Å². The van der Waals surface area contributed by atoms with Gasteiger partial charge in [0.1, 0.15) is 12.4 Å². The lowest BCUT2D eigenvalue weighted by Gasteiger charge is -2.23. The zero-order chi connectivity index (χ0) is 16.2. The summed E-state index contributed by atoms with van der Waals surface area (Å²) in [5, 5.41) is 0. The first-order chi connectivity index (χ1) is 10.4. The molecule has 2 nitrogen and oxygen atoms in total. The maximum absolute atomic E-state index is 7.21. The summed E-state index contributed by atoms with van der Waals surface area (Å²) in [7, 11) is 0. The molecular weight excluding hydrogens is 270 g/mol. The minimum Gasteiger partial charge on any atom is -0.489 e. The first kappa shape index (κ1) is 16.1. The molecule has 1 atom stereocenters. The van der Waals surface area contributed by atoms with Gasteiger partial charge in [0, 0.05) is 18.1 Å². The molecule has 0 spiro atoms. The van der Waals surface area contributed by atoms with Crippen molar-refractivity contribution in [2.24, 2.45) is 0 Å². The van der Waals surface area contributed by atoms with E-state index in [-0.39, 0.29) is 11.5 Å². The predicted molar refractivity (Wildman–Crippen MR) is 90.9 cm³/mol. The summed E-state index contributed by atoms with van der Waals surface area (Å²) in [5.41, 5.74) is 3.33. The van der Waals surface area contributed by atoms with Gasteiger partial charge in [0.2, 0.25) is 6.04 Å². The van der Waals surface area contributed by atoms with Crippen LogP contribution in [0.2, 0.25) is 0 Å². The highest BCUT2D eigenvalue weighted by Crippen LogP contribution is 2.34. The Morgan fingerprint density at radius 3 is 2.36 bits per heavy atom. The molecule has 0 saturated carbocycles. The van der Waals surface area contributed by atoms with Crippen molar-refractivity contribution >= 4 is 0 Å². The Morgan fingerprint density at radius 1 is 1.09 bits per heavy atom. The van der Waals surface area contributed by atoms with Gasteiger partial charge >= 0.3 is 0 Å². The maximum Gasteiger partial charge on any atom is 0.245 e. The Balaban J connectivity index is 2.29. The van der Waals surface area contributed by atoms with Crippen LogP contribution in [0.15, 0.2) is 48.5 Å². The lowest BCUT2D eigenvalue weighted by Crippen LogP contribution is -2.14. The number of rotatable bonds is 4. The molecule has 0 N–H and O–H groups in total. The normalized spacial score (nSPS) is 12.5. The third-order valence-electron chi connectivity index (χ3n) is 3.72. The molecule has 2 aromatic carbocycles. The van der Waals surface area contributed by atoms with Crippen molar-refractivity contribution in [3.63, 3.8) is 0 Å². The maximum atomic E-state index is 7.21. The van der Waals surface area contributed by atoms with Crippen molar-refractivity contribution < 1.29 is 4.74 Å². The van der Waals surface area contributed by atoms with Crippen molar-refractivity contribution in [1.82, 2.24) is 0 Å². The average molecular weight is 293 g/mol. The van der Waals surface area contributed by atoms with E-state index in [2.05, 4.69) is 43.8 Å². The van der Waals surface area contributed by atoms with Gasteiger partial charge in [-0.05, 0) is 29.2 Å². The van der Waals surface area contributed by atoms with Crippen LogP contribution in [0.25, 0.3) is 4.85 Å². The molecular formula is C20H23NO. The van der Waals surface area contributed by atoms with Crippen LogP contribution in [-0.4, -0.2) is 0 Å². The number of hydrogen-bond donors (Lipinski definition) is 0. The van der Waals surface area contributed by atoms with Crippen LogP contribution < -0.4 is 4.74 Å². The second kappa shape index (κ2) is 6.66. The molecule has 2 aromatic rings. The molecule has 2 rings (SSSR count). The lowest BCUT2D eigenvalue weighted by atomic mass is 9.84. The zero-order valence-corrected chi connectivity index (χ0v) is 13.8. The van der Waals surface area contributed by atoms with E-state index in [1.807, 2.05) is 37.3 Å². The number of nitrogens with zero attached hydrogens (tertiary/aromatic N) is 1. The molecule has 22 heavy (non-hydrogen) atoms. The molecule has 0 fully saturated rings. The topological polar surface area (TPSA) is 13.6 Å². The van der Waals surface area contributed by atoms with Gasteiger partial charge in [-0.25, -0.2) is 6.57 Å². The van der Waals surface area contributed by atoms with Crippen molar-refractivity contribution in [2.45, 2.75) is 45.8 Å². The third kappa shape index (κ3) is 3.89. The molecule has 0 aromatic heterocycles. The summed E-state index contributed by atoms with van der Waals surface area (Å²) in [5.74, 6) is 0.900. The van der Waals surface area contributed by atoms with Gasteiger partial charge in [-0.3, -0.25) is 0 Å². The van der Waals surface area contributed by atoms with E-state index in [9.17, 15) is 0 Å². The molecule has 0 saturated heterocycles. The fourth-order valence-electron chi connectivity index (χ4n) is 2.33. The van der Waals surface area contributed by atoms with E-state index in [0.29, 0.717) is 6.61 Å². The summed E-state index contributed by atoms with van der Waals surface area (Å²) >= 11 is 0. The molecule has 0 heterocycles. The Morgan fingerprint density at radius 2 is 1.77 bits per heavy atom. The van der Waals surface area contributed by atoms with Crippen molar-refractivity contribution in [3.8, 4) is 5.75 Å². The average Bonchev–Trinajstić information content (AvgIpc) is 2.52. The zero-order valence-electron chi connectivity index (χ0n) is 13.8. The van der Waals surface area contributed by atoms with Crippen LogP contribution in [0.1, 0.15) is 50.4 Å². The second-order valence-electron chi connectivity index (χ2n) is 6.58. The van der Waals surface area contributed by atoms with Gasteiger partial charge < -0.3 is 9.58 Å². The Kier molecular flexibility index (Phi) is 4.88. The van der Waals surface area contributed by atoms with E-state index < -0.39 is 0 Å². The van der Waals surface area contributed by atoms with E-state index in [1.165, 1.54) is 0 Å². The molecule has 2 heteroatoms. The fourth-order valence-corrected chi connectivity index (χ4v) is 2.33. The van der Waals surface area contributed by atoms with Crippen LogP contribution >= 0.6 is 0 Å². The first-order valence-electron chi connectivity index (χ1n) is 7.59. The second-order valence-corrected chi connectivity index (χ2v) is 6.58. The van der Waals surface area contributed by atoms with Crippen molar-refractivity contribution in [3.05, 3.63) is 76.6 Å². The first-order valence-corrected chi connectivity index (χ1v) is 7.59. The third-order valence-corrected chi connectivity index (χ3v) is 3.72. The Labute approximate surface area is 133 Å².